The van der Waals surface area contributed by atoms with Crippen LogP contribution in [-0.2, 0) is 21.7 Å². The minimum atomic E-state index is -1.46. The lowest BCUT2D eigenvalue weighted by molar-refractivity contribution is 0.592. The van der Waals surface area contributed by atoms with Crippen LogP contribution in [0.2, 0.25) is 39.3 Å². The van der Waals surface area contributed by atoms with E-state index in [1.165, 1.54) is 108 Å². The second-order valence-electron chi connectivity index (χ2n) is 38.8. The minimum absolute atomic E-state index is 0.289. The number of hydrogen-bond acceptors (Lipinski definition) is 8. The van der Waals surface area contributed by atoms with Crippen LogP contribution in [0.4, 0.5) is 68.2 Å². The predicted molar refractivity (Wildman–Crippen MR) is 538 cm³/mol. The summed E-state index contributed by atoms with van der Waals surface area (Å²) in [5.41, 5.74) is 31.6. The maximum absolute atomic E-state index is 7.21. The van der Waals surface area contributed by atoms with Crippen LogP contribution in [0.3, 0.4) is 0 Å². The van der Waals surface area contributed by atoms with E-state index < -0.39 is 16.1 Å². The highest BCUT2D eigenvalue weighted by atomic mass is 32.1. The summed E-state index contributed by atoms with van der Waals surface area (Å²) >= 11 is 1.86. The SMILES string of the molecule is CC1(C)c2cc(N(c3ccccc3)c3ccc([Si](C)(C)C)cc3)ccc2-c2oc3c(c21)C(C)(C)c1cc(N(c2ccc4sc5ccccc5c4c2)c2ccccc2-c2ccccc2)ccc1-3.CC1(C)c2cc(N(c3ccccc3)c3ccc([Si](C)(C)C)cc3)ccc2-c2oc3c(c21)C(C)(C)c1cc(N(c2ccccc2)c2ccc4oc5ccccc5c4c2)ccc1-3. The lowest BCUT2D eigenvalue weighted by Crippen LogP contribution is -2.37. The van der Waals surface area contributed by atoms with Gasteiger partial charge in [-0.25, -0.2) is 0 Å². The average Bonchev–Trinajstić information content (AvgIpc) is 1.52. The zero-order valence-electron chi connectivity index (χ0n) is 73.9. The topological polar surface area (TPSA) is 52.4 Å². The third-order valence-electron chi connectivity index (χ3n) is 27.5. The zero-order valence-corrected chi connectivity index (χ0v) is 76.7. The molecule has 4 aromatic heterocycles. The first-order chi connectivity index (χ1) is 60.8. The van der Waals surface area contributed by atoms with Crippen molar-refractivity contribution in [1.29, 1.82) is 0 Å². The number of hydrogen-bond donors (Lipinski definition) is 0. The molecular weight excluding hydrogens is 1590 g/mol. The van der Waals surface area contributed by atoms with Gasteiger partial charge < -0.3 is 32.9 Å². The van der Waals surface area contributed by atoms with Gasteiger partial charge >= 0.3 is 0 Å². The molecule has 19 aromatic rings. The van der Waals surface area contributed by atoms with E-state index in [0.29, 0.717) is 0 Å². The normalized spacial score (nSPS) is 14.4. The van der Waals surface area contributed by atoms with Gasteiger partial charge in [0.1, 0.15) is 34.2 Å². The van der Waals surface area contributed by atoms with Crippen molar-refractivity contribution in [3.63, 3.8) is 0 Å². The maximum atomic E-state index is 7.21. The van der Waals surface area contributed by atoms with Gasteiger partial charge in [-0.15, -0.1) is 11.3 Å². The van der Waals surface area contributed by atoms with E-state index in [1.54, 1.807) is 0 Å². The van der Waals surface area contributed by atoms with E-state index in [9.17, 15) is 0 Å². The number of para-hydroxylation sites is 5. The molecule has 0 amide bonds. The Kier molecular flexibility index (Phi) is 18.1. The van der Waals surface area contributed by atoms with Crippen molar-refractivity contribution in [2.75, 3.05) is 19.6 Å². The summed E-state index contributed by atoms with van der Waals surface area (Å²) in [5, 5.41) is 7.72. The van der Waals surface area contributed by atoms with E-state index >= 15 is 0 Å². The van der Waals surface area contributed by atoms with Crippen LogP contribution in [0.5, 0.6) is 0 Å². The summed E-state index contributed by atoms with van der Waals surface area (Å²) in [6.45, 7) is 33.5. The molecule has 7 nitrogen and oxygen atoms in total. The summed E-state index contributed by atoms with van der Waals surface area (Å²) in [6, 6.07) is 129. The lowest BCUT2D eigenvalue weighted by atomic mass is 9.74. The number of nitrogens with zero attached hydrogens (tertiary/aromatic N) is 4. The Morgan fingerprint density at radius 3 is 0.984 bits per heavy atom. The molecule has 4 heterocycles. The van der Waals surface area contributed by atoms with E-state index in [4.69, 9.17) is 13.3 Å². The van der Waals surface area contributed by atoms with E-state index in [1.807, 2.05) is 23.5 Å². The fraction of sp³-hybridized carbons (Fsp3) is 0.155. The van der Waals surface area contributed by atoms with Gasteiger partial charge in [-0.2, -0.15) is 0 Å². The summed E-state index contributed by atoms with van der Waals surface area (Å²) in [5.74, 6) is 4.02. The van der Waals surface area contributed by atoms with Gasteiger partial charge in [-0.1, -0.05) is 269 Å². The predicted octanol–water partition coefficient (Wildman–Crippen LogP) is 32.7. The fourth-order valence-electron chi connectivity index (χ4n) is 21.0. The summed E-state index contributed by atoms with van der Waals surface area (Å²) in [4.78, 5) is 9.62. The molecule has 0 saturated carbocycles. The first-order valence-electron chi connectivity index (χ1n) is 44.3. The molecule has 0 aliphatic heterocycles. The highest BCUT2D eigenvalue weighted by Crippen LogP contribution is 2.65. The number of fused-ring (bicyclic) bond motifs is 20. The molecule has 616 valence electrons. The third-order valence-corrected chi connectivity index (χ3v) is 32.8. The zero-order chi connectivity index (χ0) is 86.2. The van der Waals surface area contributed by atoms with Crippen molar-refractivity contribution >= 4 is 148 Å². The van der Waals surface area contributed by atoms with Crippen LogP contribution < -0.4 is 30.0 Å². The molecule has 23 rings (SSSR count). The van der Waals surface area contributed by atoms with Gasteiger partial charge in [0.25, 0.3) is 0 Å². The van der Waals surface area contributed by atoms with Crippen LogP contribution in [0.15, 0.2) is 365 Å². The van der Waals surface area contributed by atoms with Crippen LogP contribution in [0, 0.1) is 0 Å². The highest BCUT2D eigenvalue weighted by molar-refractivity contribution is 7.25. The van der Waals surface area contributed by atoms with Crippen LogP contribution in [-0.4, -0.2) is 16.1 Å². The third kappa shape index (κ3) is 12.5. The molecule has 126 heavy (non-hydrogen) atoms. The van der Waals surface area contributed by atoms with Crippen molar-refractivity contribution < 1.29 is 13.3 Å². The van der Waals surface area contributed by atoms with Gasteiger partial charge in [0.05, 0.1) is 21.8 Å². The summed E-state index contributed by atoms with van der Waals surface area (Å²) < 4.78 is 23.2. The molecule has 0 radical (unpaired) electrons. The molecule has 15 aromatic carbocycles. The number of furan rings is 3. The van der Waals surface area contributed by atoms with Gasteiger partial charge in [0.2, 0.25) is 0 Å². The van der Waals surface area contributed by atoms with Crippen LogP contribution in [0.25, 0.3) is 98.5 Å². The lowest BCUT2D eigenvalue weighted by Gasteiger charge is -2.31. The largest absolute Gasteiger partial charge is 0.456 e. The van der Waals surface area contributed by atoms with Gasteiger partial charge in [0.15, 0.2) is 0 Å². The standard InChI is InChI=1S/C61H52N2OSSi.C55H48N2O2Si/c1-60(2)51-37-43(62(40-20-12-9-13-21-40)41-26-31-45(32-27-41)66(5,6)7)28-33-48(51)58-56(60)57-59(64-58)49-34-29-44(38-52(49)61(57,3)4)63(53-24-16-14-22-46(53)39-18-10-8-11-19-39)42-30-35-55-50(36-42)47-23-15-17-25-54(47)65-55;1-54(2)46-33-39(56(35-16-10-8-11-17-35)37-22-27-41(28-23-37)60(5,6)7)24-29-43(46)52-50(54)51-53(59-52)44-30-25-40(34-47(44)55(51,3)4)57(36-18-12-9-13-19-36)38-26-31-49-45(32-38)42-20-14-15-21-48(42)58-49/h8-38H,1-7H3;8-34H,1-7H3. The van der Waals surface area contributed by atoms with Crippen LogP contribution in [0.1, 0.15) is 99.9 Å². The molecule has 0 fully saturated rings. The van der Waals surface area contributed by atoms with E-state index in [2.05, 4.69) is 454 Å². The van der Waals surface area contributed by atoms with Crippen molar-refractivity contribution in [2.45, 2.75) is 116 Å². The Balaban J connectivity index is 0.000000150. The van der Waals surface area contributed by atoms with Gasteiger partial charge in [-0.3, -0.25) is 0 Å². The Labute approximate surface area is 744 Å². The second kappa shape index (κ2) is 29.1. The molecule has 0 N–H and O–H groups in total. The number of thiophene rings is 1. The molecular formula is C116H100N4O3SSi2. The monoisotopic (exact) mass is 1680 g/mol. The first kappa shape index (κ1) is 78.5. The summed E-state index contributed by atoms with van der Waals surface area (Å²) in [6.07, 6.45) is 0. The fourth-order valence-corrected chi connectivity index (χ4v) is 24.5. The van der Waals surface area contributed by atoms with Crippen molar-refractivity contribution in [3.05, 3.63) is 396 Å². The Bertz CT molecular complexity index is 7550. The van der Waals surface area contributed by atoms with Crippen molar-refractivity contribution in [2.24, 2.45) is 0 Å². The van der Waals surface area contributed by atoms with E-state index in [-0.39, 0.29) is 21.7 Å². The Morgan fingerprint density at radius 1 is 0.230 bits per heavy atom. The molecule has 4 aliphatic carbocycles. The Morgan fingerprint density at radius 2 is 0.540 bits per heavy atom. The smallest absolute Gasteiger partial charge is 0.139 e. The number of rotatable bonds is 15. The molecule has 0 spiro atoms. The Hall–Kier alpha value is -13.5. The molecule has 4 aliphatic rings. The van der Waals surface area contributed by atoms with Crippen molar-refractivity contribution in [3.8, 4) is 56.4 Å². The first-order valence-corrected chi connectivity index (χ1v) is 52.1. The summed E-state index contributed by atoms with van der Waals surface area (Å²) in [7, 11) is -2.90. The molecule has 10 heteroatoms. The van der Waals surface area contributed by atoms with Gasteiger partial charge in [-0.05, 0) is 216 Å². The minimum Gasteiger partial charge on any atom is -0.456 e. The average molecular weight is 1690 g/mol. The molecule has 0 atom stereocenters. The highest BCUT2D eigenvalue weighted by Gasteiger charge is 2.52. The van der Waals surface area contributed by atoms with Crippen molar-refractivity contribution in [1.82, 2.24) is 0 Å². The number of benzene rings is 15. The van der Waals surface area contributed by atoms with Crippen LogP contribution >= 0.6 is 11.3 Å². The maximum Gasteiger partial charge on any atom is 0.139 e. The van der Waals surface area contributed by atoms with E-state index in [0.717, 1.165) is 113 Å². The second-order valence-corrected chi connectivity index (χ2v) is 50.1. The molecule has 0 saturated heterocycles. The molecule has 0 bridgehead atoms. The molecule has 0 unspecified atom stereocenters. The van der Waals surface area contributed by atoms with Gasteiger partial charge in [0, 0.05) is 165 Å². The number of anilines is 12. The quantitative estimate of drug-likeness (QED) is 0.0948.